The van der Waals surface area contributed by atoms with E-state index in [2.05, 4.69) is 0 Å². The Labute approximate surface area is 94.6 Å². The largest absolute Gasteiger partial charge is 0.322 e. The van der Waals surface area contributed by atoms with Gasteiger partial charge in [0.1, 0.15) is 5.82 Å². The predicted octanol–water partition coefficient (Wildman–Crippen LogP) is 1.16. The standard InChI is InChI=1S/C9H9F2N3O3/c1-4(12)9(15)13-7-3-8(14(16)17)6(11)2-5(7)10/h2-4H,12H2,1H3,(H,13,15)/t4-/m0/s1. The zero-order valence-electron chi connectivity index (χ0n) is 8.74. The number of hydrogen-bond acceptors (Lipinski definition) is 4. The van der Waals surface area contributed by atoms with Crippen LogP contribution in [0.25, 0.3) is 0 Å². The highest BCUT2D eigenvalue weighted by Crippen LogP contribution is 2.25. The molecule has 0 heterocycles. The molecule has 0 saturated heterocycles. The Morgan fingerprint density at radius 3 is 2.53 bits per heavy atom. The highest BCUT2D eigenvalue weighted by Gasteiger charge is 2.20. The van der Waals surface area contributed by atoms with Crippen LogP contribution in [-0.2, 0) is 4.79 Å². The molecule has 1 aromatic rings. The second-order valence-electron chi connectivity index (χ2n) is 3.32. The van der Waals surface area contributed by atoms with Crippen LogP contribution in [-0.4, -0.2) is 16.9 Å². The van der Waals surface area contributed by atoms with Gasteiger partial charge in [0.2, 0.25) is 11.7 Å². The number of carbonyl (C=O) groups is 1. The lowest BCUT2D eigenvalue weighted by molar-refractivity contribution is -0.387. The van der Waals surface area contributed by atoms with Gasteiger partial charge in [0, 0.05) is 12.1 Å². The number of amides is 1. The third-order valence-electron chi connectivity index (χ3n) is 1.90. The lowest BCUT2D eigenvalue weighted by atomic mass is 10.2. The maximum atomic E-state index is 13.2. The van der Waals surface area contributed by atoms with Crippen molar-refractivity contribution in [3.05, 3.63) is 33.9 Å². The fraction of sp³-hybridized carbons (Fsp3) is 0.222. The first-order valence-electron chi connectivity index (χ1n) is 4.52. The molecular weight excluding hydrogens is 236 g/mol. The topological polar surface area (TPSA) is 98.3 Å². The van der Waals surface area contributed by atoms with Crippen LogP contribution in [0.15, 0.2) is 12.1 Å². The van der Waals surface area contributed by atoms with E-state index in [1.807, 2.05) is 5.32 Å². The molecule has 0 aliphatic heterocycles. The number of nitrogens with two attached hydrogens (primary N) is 1. The average Bonchev–Trinajstić information content (AvgIpc) is 2.21. The van der Waals surface area contributed by atoms with E-state index < -0.39 is 39.9 Å². The normalized spacial score (nSPS) is 12.0. The van der Waals surface area contributed by atoms with E-state index in [1.54, 1.807) is 0 Å². The van der Waals surface area contributed by atoms with Gasteiger partial charge in [-0.1, -0.05) is 0 Å². The molecule has 0 radical (unpaired) electrons. The maximum Gasteiger partial charge on any atom is 0.307 e. The van der Waals surface area contributed by atoms with Crippen LogP contribution in [0.1, 0.15) is 6.92 Å². The number of benzene rings is 1. The summed E-state index contributed by atoms with van der Waals surface area (Å²) in [7, 11) is 0. The van der Waals surface area contributed by atoms with Crippen molar-refractivity contribution in [1.82, 2.24) is 0 Å². The summed E-state index contributed by atoms with van der Waals surface area (Å²) >= 11 is 0. The Morgan fingerprint density at radius 1 is 1.47 bits per heavy atom. The third-order valence-corrected chi connectivity index (χ3v) is 1.90. The van der Waals surface area contributed by atoms with Crippen LogP contribution in [0, 0.1) is 21.7 Å². The Kier molecular flexibility index (Phi) is 3.69. The van der Waals surface area contributed by atoms with Crippen LogP contribution < -0.4 is 11.1 Å². The molecule has 6 nitrogen and oxygen atoms in total. The molecule has 1 aromatic carbocycles. The highest BCUT2D eigenvalue weighted by molar-refractivity contribution is 5.94. The molecule has 0 aliphatic carbocycles. The molecule has 0 unspecified atom stereocenters. The molecule has 1 atom stereocenters. The number of nitrogens with zero attached hydrogens (tertiary/aromatic N) is 1. The van der Waals surface area contributed by atoms with Crippen LogP contribution in [0.4, 0.5) is 20.2 Å². The second kappa shape index (κ2) is 4.83. The van der Waals surface area contributed by atoms with Gasteiger partial charge in [0.25, 0.3) is 0 Å². The number of nitro benzene ring substituents is 1. The summed E-state index contributed by atoms with van der Waals surface area (Å²) in [6.07, 6.45) is 0. The summed E-state index contributed by atoms with van der Waals surface area (Å²) in [5, 5.41) is 12.4. The Morgan fingerprint density at radius 2 is 2.06 bits per heavy atom. The SMILES string of the molecule is C[C@H](N)C(=O)Nc1cc([N+](=O)[O-])c(F)cc1F. The first-order chi connectivity index (χ1) is 7.82. The van der Waals surface area contributed by atoms with Gasteiger partial charge in [0.15, 0.2) is 0 Å². The third kappa shape index (κ3) is 2.94. The quantitative estimate of drug-likeness (QED) is 0.616. The van der Waals surface area contributed by atoms with E-state index in [9.17, 15) is 23.7 Å². The summed E-state index contributed by atoms with van der Waals surface area (Å²) in [6, 6.07) is 0.0124. The van der Waals surface area contributed by atoms with Crippen molar-refractivity contribution in [3.8, 4) is 0 Å². The monoisotopic (exact) mass is 245 g/mol. The molecule has 1 rings (SSSR count). The lowest BCUT2D eigenvalue weighted by Gasteiger charge is -2.08. The van der Waals surface area contributed by atoms with Crippen molar-refractivity contribution < 1.29 is 18.5 Å². The summed E-state index contributed by atoms with van der Waals surface area (Å²) < 4.78 is 26.2. The summed E-state index contributed by atoms with van der Waals surface area (Å²) in [5.74, 6) is -3.15. The van der Waals surface area contributed by atoms with Gasteiger partial charge in [-0.25, -0.2) is 4.39 Å². The molecule has 92 valence electrons. The van der Waals surface area contributed by atoms with Gasteiger partial charge < -0.3 is 11.1 Å². The molecule has 0 fully saturated rings. The number of halogens is 2. The van der Waals surface area contributed by atoms with E-state index in [0.29, 0.717) is 12.1 Å². The molecule has 0 saturated carbocycles. The average molecular weight is 245 g/mol. The molecule has 0 spiro atoms. The molecule has 17 heavy (non-hydrogen) atoms. The van der Waals surface area contributed by atoms with E-state index in [1.165, 1.54) is 6.92 Å². The first-order valence-corrected chi connectivity index (χ1v) is 4.52. The van der Waals surface area contributed by atoms with Crippen LogP contribution in [0.3, 0.4) is 0 Å². The number of hydrogen-bond donors (Lipinski definition) is 2. The summed E-state index contributed by atoms with van der Waals surface area (Å²) in [5.41, 5.74) is 3.81. The van der Waals surface area contributed by atoms with Crippen molar-refractivity contribution in [2.45, 2.75) is 13.0 Å². The van der Waals surface area contributed by atoms with Crippen molar-refractivity contribution >= 4 is 17.3 Å². The van der Waals surface area contributed by atoms with E-state index in [0.717, 1.165) is 0 Å². The number of nitro groups is 1. The van der Waals surface area contributed by atoms with E-state index in [-0.39, 0.29) is 0 Å². The maximum absolute atomic E-state index is 13.2. The fourth-order valence-corrected chi connectivity index (χ4v) is 1.02. The molecule has 0 bridgehead atoms. The van der Waals surface area contributed by atoms with E-state index >= 15 is 0 Å². The number of anilines is 1. The molecule has 8 heteroatoms. The van der Waals surface area contributed by atoms with Crippen LogP contribution in [0.2, 0.25) is 0 Å². The number of nitrogens with one attached hydrogen (secondary N) is 1. The second-order valence-corrected chi connectivity index (χ2v) is 3.32. The lowest BCUT2D eigenvalue weighted by Crippen LogP contribution is -2.32. The van der Waals surface area contributed by atoms with Crippen molar-refractivity contribution in [3.63, 3.8) is 0 Å². The van der Waals surface area contributed by atoms with Crippen LogP contribution >= 0.6 is 0 Å². The molecule has 1 amide bonds. The molecule has 3 N–H and O–H groups in total. The minimum absolute atomic E-state index is 0.328. The Hall–Kier alpha value is -2.09. The van der Waals surface area contributed by atoms with Gasteiger partial charge in [0.05, 0.1) is 16.7 Å². The smallest absolute Gasteiger partial charge is 0.307 e. The van der Waals surface area contributed by atoms with Gasteiger partial charge in [-0.2, -0.15) is 4.39 Å². The molecule has 0 aromatic heterocycles. The highest BCUT2D eigenvalue weighted by atomic mass is 19.1. The minimum Gasteiger partial charge on any atom is -0.322 e. The molecular formula is C9H9F2N3O3. The van der Waals surface area contributed by atoms with Gasteiger partial charge in [-0.3, -0.25) is 14.9 Å². The zero-order chi connectivity index (χ0) is 13.2. The van der Waals surface area contributed by atoms with Gasteiger partial charge >= 0.3 is 5.69 Å². The first kappa shape index (κ1) is 13.0. The Bertz CT molecular complexity index is 477. The van der Waals surface area contributed by atoms with Gasteiger partial charge in [-0.05, 0) is 6.92 Å². The zero-order valence-corrected chi connectivity index (χ0v) is 8.74. The van der Waals surface area contributed by atoms with Crippen LogP contribution in [0.5, 0.6) is 0 Å². The number of rotatable bonds is 3. The van der Waals surface area contributed by atoms with Crippen molar-refractivity contribution in [1.29, 1.82) is 0 Å². The molecule has 0 aliphatic rings. The minimum atomic E-state index is -1.31. The van der Waals surface area contributed by atoms with Crippen molar-refractivity contribution in [2.24, 2.45) is 5.73 Å². The summed E-state index contributed by atoms with van der Waals surface area (Å²) in [6.45, 7) is 1.35. The Balaban J connectivity index is 3.12. The van der Waals surface area contributed by atoms with Crippen molar-refractivity contribution in [2.75, 3.05) is 5.32 Å². The fourth-order valence-electron chi connectivity index (χ4n) is 1.02. The number of carbonyl (C=O) groups excluding carboxylic acids is 1. The van der Waals surface area contributed by atoms with Gasteiger partial charge in [-0.15, -0.1) is 0 Å². The van der Waals surface area contributed by atoms with E-state index in [4.69, 9.17) is 5.73 Å². The predicted molar refractivity (Wildman–Crippen MR) is 55.3 cm³/mol. The summed E-state index contributed by atoms with van der Waals surface area (Å²) in [4.78, 5) is 20.6.